The third-order valence-corrected chi connectivity index (χ3v) is 3.78. The van der Waals surface area contributed by atoms with E-state index in [0.717, 1.165) is 31.7 Å². The summed E-state index contributed by atoms with van der Waals surface area (Å²) in [5.74, 6) is 1.39. The minimum absolute atomic E-state index is 0.107. The van der Waals surface area contributed by atoms with Crippen molar-refractivity contribution in [2.45, 2.75) is 26.2 Å². The Kier molecular flexibility index (Phi) is 5.27. The summed E-state index contributed by atoms with van der Waals surface area (Å²) in [4.78, 5) is 13.5. The third kappa shape index (κ3) is 3.89. The molecule has 4 heteroatoms. The van der Waals surface area contributed by atoms with Gasteiger partial charge in [-0.1, -0.05) is 0 Å². The Bertz CT molecular complexity index is 430. The minimum atomic E-state index is -0.107. The van der Waals surface area contributed by atoms with Crippen molar-refractivity contribution in [1.82, 2.24) is 0 Å². The van der Waals surface area contributed by atoms with Crippen molar-refractivity contribution in [1.29, 1.82) is 0 Å². The Morgan fingerprint density at radius 1 is 1.35 bits per heavy atom. The number of ether oxygens (including phenoxy) is 2. The van der Waals surface area contributed by atoms with Gasteiger partial charge < -0.3 is 14.4 Å². The summed E-state index contributed by atoms with van der Waals surface area (Å²) in [5, 5.41) is 0. The average Bonchev–Trinajstić information content (AvgIpc) is 2.95. The maximum Gasteiger partial charge on any atom is 0.305 e. The second-order valence-corrected chi connectivity index (χ2v) is 5.14. The molecule has 1 aliphatic heterocycles. The number of carbonyl (C=O) groups excluding carboxylic acids is 1. The van der Waals surface area contributed by atoms with Crippen LogP contribution in [0, 0.1) is 5.92 Å². The van der Waals surface area contributed by atoms with E-state index in [1.54, 1.807) is 0 Å². The topological polar surface area (TPSA) is 38.8 Å². The quantitative estimate of drug-likeness (QED) is 0.749. The van der Waals surface area contributed by atoms with Crippen LogP contribution in [0.3, 0.4) is 0 Å². The fourth-order valence-corrected chi connectivity index (χ4v) is 2.65. The van der Waals surface area contributed by atoms with Gasteiger partial charge in [0, 0.05) is 25.2 Å². The number of carbonyl (C=O) groups is 1. The van der Waals surface area contributed by atoms with Gasteiger partial charge in [0.25, 0.3) is 0 Å². The molecule has 110 valence electrons. The van der Waals surface area contributed by atoms with Gasteiger partial charge in [-0.05, 0) is 49.9 Å². The molecule has 2 rings (SSSR count). The molecule has 0 saturated carbocycles. The SMILES string of the molecule is CCOc1ccc(N2CCC(CCC(=O)OC)C2)cc1. The molecule has 1 aliphatic rings. The zero-order valence-electron chi connectivity index (χ0n) is 12.3. The Morgan fingerprint density at radius 3 is 2.75 bits per heavy atom. The van der Waals surface area contributed by atoms with E-state index in [4.69, 9.17) is 9.47 Å². The van der Waals surface area contributed by atoms with Crippen LogP contribution < -0.4 is 9.64 Å². The summed E-state index contributed by atoms with van der Waals surface area (Å²) < 4.78 is 10.1. The summed E-state index contributed by atoms with van der Waals surface area (Å²) >= 11 is 0. The summed E-state index contributed by atoms with van der Waals surface area (Å²) in [5.41, 5.74) is 1.23. The highest BCUT2D eigenvalue weighted by molar-refractivity contribution is 5.69. The highest BCUT2D eigenvalue weighted by Crippen LogP contribution is 2.27. The van der Waals surface area contributed by atoms with Gasteiger partial charge in [-0.2, -0.15) is 0 Å². The molecular formula is C16H23NO3. The second kappa shape index (κ2) is 7.17. The Labute approximate surface area is 120 Å². The number of anilines is 1. The van der Waals surface area contributed by atoms with Crippen molar-refractivity contribution in [2.24, 2.45) is 5.92 Å². The average molecular weight is 277 g/mol. The highest BCUT2D eigenvalue weighted by atomic mass is 16.5. The summed E-state index contributed by atoms with van der Waals surface area (Å²) in [7, 11) is 1.45. The first-order valence-corrected chi connectivity index (χ1v) is 7.27. The third-order valence-electron chi connectivity index (χ3n) is 3.78. The number of nitrogens with zero attached hydrogens (tertiary/aromatic N) is 1. The van der Waals surface area contributed by atoms with Gasteiger partial charge in [0.15, 0.2) is 0 Å². The molecule has 0 amide bonds. The predicted molar refractivity (Wildman–Crippen MR) is 79.2 cm³/mol. The van der Waals surface area contributed by atoms with Gasteiger partial charge in [0.2, 0.25) is 0 Å². The van der Waals surface area contributed by atoms with E-state index >= 15 is 0 Å². The van der Waals surface area contributed by atoms with Crippen molar-refractivity contribution in [2.75, 3.05) is 31.7 Å². The van der Waals surface area contributed by atoms with Gasteiger partial charge in [-0.3, -0.25) is 4.79 Å². The van der Waals surface area contributed by atoms with E-state index in [-0.39, 0.29) is 5.97 Å². The molecule has 0 radical (unpaired) electrons. The van der Waals surface area contributed by atoms with Crippen LogP contribution in [0.2, 0.25) is 0 Å². The summed E-state index contributed by atoms with van der Waals surface area (Å²) in [6.07, 6.45) is 2.59. The molecule has 0 spiro atoms. The van der Waals surface area contributed by atoms with Crippen LogP contribution in [0.15, 0.2) is 24.3 Å². The van der Waals surface area contributed by atoms with Crippen molar-refractivity contribution in [3.63, 3.8) is 0 Å². The second-order valence-electron chi connectivity index (χ2n) is 5.14. The highest BCUT2D eigenvalue weighted by Gasteiger charge is 2.23. The zero-order valence-corrected chi connectivity index (χ0v) is 12.3. The Morgan fingerprint density at radius 2 is 2.10 bits per heavy atom. The number of hydrogen-bond donors (Lipinski definition) is 0. The van der Waals surface area contributed by atoms with Crippen LogP contribution in [-0.4, -0.2) is 32.8 Å². The van der Waals surface area contributed by atoms with Crippen LogP contribution in [0.5, 0.6) is 5.75 Å². The Hall–Kier alpha value is -1.71. The van der Waals surface area contributed by atoms with E-state index < -0.39 is 0 Å². The maximum atomic E-state index is 11.2. The molecule has 1 atom stereocenters. The first-order valence-electron chi connectivity index (χ1n) is 7.27. The van der Waals surface area contributed by atoms with E-state index in [1.807, 2.05) is 19.1 Å². The van der Waals surface area contributed by atoms with Crippen molar-refractivity contribution < 1.29 is 14.3 Å². The van der Waals surface area contributed by atoms with Crippen LogP contribution in [0.25, 0.3) is 0 Å². The maximum absolute atomic E-state index is 11.2. The van der Waals surface area contributed by atoms with Crippen LogP contribution in [0.1, 0.15) is 26.2 Å². The first kappa shape index (κ1) is 14.7. The van der Waals surface area contributed by atoms with Gasteiger partial charge in [-0.25, -0.2) is 0 Å². The molecule has 0 aromatic heterocycles. The van der Waals surface area contributed by atoms with E-state index in [9.17, 15) is 4.79 Å². The molecular weight excluding hydrogens is 254 g/mol. The fraction of sp³-hybridized carbons (Fsp3) is 0.562. The molecule has 1 saturated heterocycles. The molecule has 0 bridgehead atoms. The van der Waals surface area contributed by atoms with E-state index in [1.165, 1.54) is 12.8 Å². The lowest BCUT2D eigenvalue weighted by Crippen LogP contribution is -2.19. The number of hydrogen-bond acceptors (Lipinski definition) is 4. The van der Waals surface area contributed by atoms with Gasteiger partial charge in [0.1, 0.15) is 5.75 Å². The molecule has 1 unspecified atom stereocenters. The normalized spacial score (nSPS) is 18.1. The summed E-state index contributed by atoms with van der Waals surface area (Å²) in [6.45, 7) is 4.75. The molecule has 0 aliphatic carbocycles. The molecule has 20 heavy (non-hydrogen) atoms. The molecule has 1 heterocycles. The minimum Gasteiger partial charge on any atom is -0.494 e. The standard InChI is InChI=1S/C16H23NO3/c1-3-20-15-7-5-14(6-8-15)17-11-10-13(12-17)4-9-16(18)19-2/h5-8,13H,3-4,9-12H2,1-2H3. The van der Waals surface area contributed by atoms with Crippen molar-refractivity contribution >= 4 is 11.7 Å². The molecule has 0 N–H and O–H groups in total. The number of methoxy groups -OCH3 is 1. The summed E-state index contributed by atoms with van der Waals surface area (Å²) in [6, 6.07) is 8.24. The van der Waals surface area contributed by atoms with Crippen LogP contribution in [-0.2, 0) is 9.53 Å². The number of benzene rings is 1. The molecule has 1 aromatic rings. The fourth-order valence-electron chi connectivity index (χ4n) is 2.65. The predicted octanol–water partition coefficient (Wildman–Crippen LogP) is 2.86. The van der Waals surface area contributed by atoms with Gasteiger partial charge >= 0.3 is 5.97 Å². The van der Waals surface area contributed by atoms with Crippen molar-refractivity contribution in [3.05, 3.63) is 24.3 Å². The number of rotatable bonds is 6. The lowest BCUT2D eigenvalue weighted by molar-refractivity contribution is -0.140. The number of esters is 1. The first-order chi connectivity index (χ1) is 9.72. The largest absolute Gasteiger partial charge is 0.494 e. The van der Waals surface area contributed by atoms with Gasteiger partial charge in [-0.15, -0.1) is 0 Å². The van der Waals surface area contributed by atoms with E-state index in [0.29, 0.717) is 18.9 Å². The van der Waals surface area contributed by atoms with Crippen molar-refractivity contribution in [3.8, 4) is 5.75 Å². The monoisotopic (exact) mass is 277 g/mol. The Balaban J connectivity index is 1.84. The smallest absolute Gasteiger partial charge is 0.305 e. The lowest BCUT2D eigenvalue weighted by Gasteiger charge is -2.19. The van der Waals surface area contributed by atoms with E-state index in [2.05, 4.69) is 17.0 Å². The lowest BCUT2D eigenvalue weighted by atomic mass is 10.0. The zero-order chi connectivity index (χ0) is 14.4. The van der Waals surface area contributed by atoms with Gasteiger partial charge in [0.05, 0.1) is 13.7 Å². The van der Waals surface area contributed by atoms with Crippen LogP contribution >= 0.6 is 0 Å². The molecule has 1 fully saturated rings. The molecule has 1 aromatic carbocycles. The van der Waals surface area contributed by atoms with Crippen LogP contribution in [0.4, 0.5) is 5.69 Å². The molecule has 4 nitrogen and oxygen atoms in total.